The molecule has 2 aliphatic heterocycles. The molecule has 1 unspecified atom stereocenters. The molecule has 5 heterocycles. The SMILES string of the molecule is C=CC(=O)N1CCCC(NC(=O)c2sc3nccc4c3c2NC(=O)N4c2ncc(Oc3ccccc3)cc2C)C1. The molecule has 4 amide bonds. The van der Waals surface area contributed by atoms with E-state index in [1.807, 2.05) is 43.3 Å². The van der Waals surface area contributed by atoms with Crippen LogP contribution in [0.1, 0.15) is 28.1 Å². The normalized spacial score (nSPS) is 16.4. The number of amides is 4. The van der Waals surface area contributed by atoms with Crippen molar-refractivity contribution in [1.29, 1.82) is 0 Å². The van der Waals surface area contributed by atoms with Gasteiger partial charge in [-0.05, 0) is 55.7 Å². The standard InChI is InChI=1S/C29H26N6O4S/c1-3-22(36)34-13-7-8-18(16-34)32-27(37)25-24-23-21(11-12-30-28(23)40-25)35(29(38)33-24)26-17(2)14-20(15-31-26)39-19-9-5-4-6-10-19/h3-6,9-12,14-15,18H,1,7-8,13,16H2,2H3,(H,32,37)(H,33,38). The maximum absolute atomic E-state index is 13.5. The molecule has 0 bridgehead atoms. The van der Waals surface area contributed by atoms with Crippen molar-refractivity contribution in [2.24, 2.45) is 0 Å². The van der Waals surface area contributed by atoms with Crippen LogP contribution in [0.5, 0.6) is 11.5 Å². The number of carbonyl (C=O) groups excluding carboxylic acids is 3. The molecule has 1 fully saturated rings. The number of hydrogen-bond donors (Lipinski definition) is 2. The van der Waals surface area contributed by atoms with E-state index in [-0.39, 0.29) is 17.9 Å². The highest BCUT2D eigenvalue weighted by atomic mass is 32.1. The highest BCUT2D eigenvalue weighted by Gasteiger charge is 2.35. The molecule has 1 aromatic carbocycles. The third kappa shape index (κ3) is 4.64. The van der Waals surface area contributed by atoms with Crippen LogP contribution < -0.4 is 20.3 Å². The number of urea groups is 1. The van der Waals surface area contributed by atoms with Crippen molar-refractivity contribution >= 4 is 56.6 Å². The van der Waals surface area contributed by atoms with Gasteiger partial charge in [0.15, 0.2) is 0 Å². The summed E-state index contributed by atoms with van der Waals surface area (Å²) in [5.74, 6) is 1.22. The molecule has 2 aliphatic rings. The molecule has 0 radical (unpaired) electrons. The number of thiophene rings is 1. The Morgan fingerprint density at radius 2 is 2.02 bits per heavy atom. The minimum atomic E-state index is -0.430. The fraction of sp³-hybridized carbons (Fsp3) is 0.207. The first-order chi connectivity index (χ1) is 19.4. The van der Waals surface area contributed by atoms with Gasteiger partial charge in [-0.25, -0.2) is 19.7 Å². The van der Waals surface area contributed by atoms with E-state index >= 15 is 0 Å². The van der Waals surface area contributed by atoms with Gasteiger partial charge in [-0.1, -0.05) is 24.8 Å². The number of anilines is 3. The number of ether oxygens (including phenoxy) is 1. The lowest BCUT2D eigenvalue weighted by molar-refractivity contribution is -0.127. The Bertz CT molecular complexity index is 1650. The van der Waals surface area contributed by atoms with E-state index in [1.54, 1.807) is 23.4 Å². The maximum Gasteiger partial charge on any atom is 0.332 e. The number of para-hydroxylation sites is 1. The van der Waals surface area contributed by atoms with Crippen LogP contribution in [0, 0.1) is 6.92 Å². The van der Waals surface area contributed by atoms with Crippen LogP contribution in [0.2, 0.25) is 0 Å². The number of pyridine rings is 2. The fourth-order valence-electron chi connectivity index (χ4n) is 5.09. The average Bonchev–Trinajstić information content (AvgIpc) is 3.33. The van der Waals surface area contributed by atoms with Crippen LogP contribution >= 0.6 is 11.3 Å². The summed E-state index contributed by atoms with van der Waals surface area (Å²) in [5.41, 5.74) is 1.76. The minimum Gasteiger partial charge on any atom is -0.456 e. The van der Waals surface area contributed by atoms with Crippen LogP contribution in [-0.4, -0.2) is 51.8 Å². The molecule has 6 rings (SSSR count). The number of aromatic nitrogens is 2. The molecule has 40 heavy (non-hydrogen) atoms. The first-order valence-corrected chi connectivity index (χ1v) is 13.7. The zero-order chi connectivity index (χ0) is 27.8. The number of hydrogen-bond acceptors (Lipinski definition) is 7. The third-order valence-corrected chi connectivity index (χ3v) is 8.01. The summed E-state index contributed by atoms with van der Waals surface area (Å²) in [6, 6.07) is 12.3. The lowest BCUT2D eigenvalue weighted by Crippen LogP contribution is -2.49. The zero-order valence-electron chi connectivity index (χ0n) is 21.7. The quantitative estimate of drug-likeness (QED) is 0.309. The van der Waals surface area contributed by atoms with Gasteiger partial charge in [-0.15, -0.1) is 11.3 Å². The molecule has 3 aromatic heterocycles. The van der Waals surface area contributed by atoms with Crippen LogP contribution in [0.4, 0.5) is 22.0 Å². The van der Waals surface area contributed by atoms with Gasteiger partial charge in [0.1, 0.15) is 27.0 Å². The highest BCUT2D eigenvalue weighted by molar-refractivity contribution is 7.21. The van der Waals surface area contributed by atoms with E-state index in [2.05, 4.69) is 27.2 Å². The summed E-state index contributed by atoms with van der Waals surface area (Å²) < 4.78 is 5.90. The van der Waals surface area contributed by atoms with Crippen LogP contribution in [0.25, 0.3) is 10.2 Å². The Morgan fingerprint density at radius 1 is 1.20 bits per heavy atom. The van der Waals surface area contributed by atoms with E-state index in [0.717, 1.165) is 18.4 Å². The number of nitrogens with zero attached hydrogens (tertiary/aromatic N) is 4. The zero-order valence-corrected chi connectivity index (χ0v) is 22.5. The largest absolute Gasteiger partial charge is 0.456 e. The number of carbonyl (C=O) groups is 3. The Kier molecular flexibility index (Phi) is 6.64. The lowest BCUT2D eigenvalue weighted by Gasteiger charge is -2.32. The van der Waals surface area contributed by atoms with Crippen molar-refractivity contribution in [2.75, 3.05) is 23.3 Å². The molecule has 1 saturated heterocycles. The molecule has 2 N–H and O–H groups in total. The topological polar surface area (TPSA) is 117 Å². The van der Waals surface area contributed by atoms with E-state index in [1.165, 1.54) is 22.3 Å². The van der Waals surface area contributed by atoms with E-state index in [4.69, 9.17) is 4.74 Å². The minimum absolute atomic E-state index is 0.152. The maximum atomic E-state index is 13.5. The third-order valence-electron chi connectivity index (χ3n) is 6.91. The van der Waals surface area contributed by atoms with E-state index < -0.39 is 6.03 Å². The van der Waals surface area contributed by atoms with Crippen molar-refractivity contribution in [3.8, 4) is 11.5 Å². The predicted octanol–water partition coefficient (Wildman–Crippen LogP) is 5.38. The first kappa shape index (κ1) is 25.5. The summed E-state index contributed by atoms with van der Waals surface area (Å²) in [5, 5.41) is 6.62. The van der Waals surface area contributed by atoms with Crippen molar-refractivity contribution in [2.45, 2.75) is 25.8 Å². The van der Waals surface area contributed by atoms with Gasteiger partial charge in [0.05, 0.1) is 23.0 Å². The van der Waals surface area contributed by atoms with Crippen molar-refractivity contribution < 1.29 is 19.1 Å². The van der Waals surface area contributed by atoms with E-state index in [9.17, 15) is 14.4 Å². The second kappa shape index (κ2) is 10.4. The molecule has 11 heteroatoms. The van der Waals surface area contributed by atoms with Gasteiger partial charge >= 0.3 is 6.03 Å². The molecule has 4 aromatic rings. The Balaban J connectivity index is 1.29. The lowest BCUT2D eigenvalue weighted by atomic mass is 10.1. The average molecular weight is 555 g/mol. The predicted molar refractivity (Wildman–Crippen MR) is 154 cm³/mol. The number of nitrogens with one attached hydrogen (secondary N) is 2. The molecule has 202 valence electrons. The first-order valence-electron chi connectivity index (χ1n) is 12.9. The molecule has 0 aliphatic carbocycles. The Hall–Kier alpha value is -4.77. The van der Waals surface area contributed by atoms with Crippen LogP contribution in [-0.2, 0) is 4.79 Å². The van der Waals surface area contributed by atoms with E-state index in [0.29, 0.717) is 56.9 Å². The Labute approximate surface area is 234 Å². The number of aryl methyl sites for hydroxylation is 1. The van der Waals surface area contributed by atoms with Crippen LogP contribution in [0.15, 0.2) is 67.5 Å². The van der Waals surface area contributed by atoms with Gasteiger partial charge in [0.25, 0.3) is 5.91 Å². The Morgan fingerprint density at radius 3 is 2.80 bits per heavy atom. The fourth-order valence-corrected chi connectivity index (χ4v) is 6.11. The van der Waals surface area contributed by atoms with Gasteiger partial charge in [0, 0.05) is 25.3 Å². The summed E-state index contributed by atoms with van der Waals surface area (Å²) >= 11 is 1.22. The molecule has 0 spiro atoms. The monoisotopic (exact) mass is 554 g/mol. The molecule has 1 atom stereocenters. The summed E-state index contributed by atoms with van der Waals surface area (Å²) in [7, 11) is 0. The second-order valence-corrected chi connectivity index (χ2v) is 10.6. The van der Waals surface area contributed by atoms with Gasteiger partial charge in [0.2, 0.25) is 5.91 Å². The van der Waals surface area contributed by atoms with Crippen molar-refractivity contribution in [3.63, 3.8) is 0 Å². The number of piperidine rings is 1. The number of rotatable bonds is 6. The highest BCUT2D eigenvalue weighted by Crippen LogP contribution is 2.46. The van der Waals surface area contributed by atoms with Gasteiger partial charge in [-0.3, -0.25) is 9.59 Å². The summed E-state index contributed by atoms with van der Waals surface area (Å²) in [6.45, 7) is 6.46. The summed E-state index contributed by atoms with van der Waals surface area (Å²) in [6.07, 6.45) is 6.02. The number of likely N-dealkylation sites (tertiary alicyclic amines) is 1. The van der Waals surface area contributed by atoms with Crippen molar-refractivity contribution in [1.82, 2.24) is 20.2 Å². The van der Waals surface area contributed by atoms with Gasteiger partial charge in [-0.2, -0.15) is 0 Å². The smallest absolute Gasteiger partial charge is 0.332 e. The molecular weight excluding hydrogens is 528 g/mol. The molecule has 0 saturated carbocycles. The molecule has 10 nitrogen and oxygen atoms in total. The van der Waals surface area contributed by atoms with Gasteiger partial charge < -0.3 is 20.3 Å². The van der Waals surface area contributed by atoms with Crippen LogP contribution in [0.3, 0.4) is 0 Å². The second-order valence-electron chi connectivity index (χ2n) is 9.61. The molecular formula is C29H26N6O4S. The summed E-state index contributed by atoms with van der Waals surface area (Å²) in [4.78, 5) is 52.1. The number of benzene rings is 1. The van der Waals surface area contributed by atoms with Crippen molar-refractivity contribution in [3.05, 3.63) is 78.0 Å².